The highest BCUT2D eigenvalue weighted by Crippen LogP contribution is 2.34. The maximum absolute atomic E-state index is 12.3. The normalized spacial score (nSPS) is 10.6. The predicted molar refractivity (Wildman–Crippen MR) is 90.0 cm³/mol. The molecule has 0 amide bonds. The minimum absolute atomic E-state index is 0.237. The SMILES string of the molecule is CCc1c(C)c(-c2ccccc2)c(-c2ccccc2)oc1=O. The molecule has 0 aliphatic carbocycles. The average molecular weight is 290 g/mol. The first-order valence-corrected chi connectivity index (χ1v) is 7.49. The van der Waals surface area contributed by atoms with E-state index in [-0.39, 0.29) is 5.63 Å². The first-order valence-electron chi connectivity index (χ1n) is 7.49. The van der Waals surface area contributed by atoms with E-state index in [0.717, 1.165) is 27.8 Å². The average Bonchev–Trinajstić information content (AvgIpc) is 2.56. The van der Waals surface area contributed by atoms with Crippen molar-refractivity contribution in [2.45, 2.75) is 20.3 Å². The second-order valence-electron chi connectivity index (χ2n) is 5.28. The first kappa shape index (κ1) is 14.3. The molecule has 0 saturated carbocycles. The van der Waals surface area contributed by atoms with Crippen molar-refractivity contribution >= 4 is 0 Å². The molecule has 3 rings (SSSR count). The Balaban J connectivity index is 2.37. The van der Waals surface area contributed by atoms with Gasteiger partial charge in [0, 0.05) is 16.7 Å². The Morgan fingerprint density at radius 1 is 0.864 bits per heavy atom. The molecule has 2 heteroatoms. The summed E-state index contributed by atoms with van der Waals surface area (Å²) in [6.45, 7) is 3.99. The largest absolute Gasteiger partial charge is 0.422 e. The van der Waals surface area contributed by atoms with Gasteiger partial charge in [-0.15, -0.1) is 0 Å². The van der Waals surface area contributed by atoms with Crippen molar-refractivity contribution in [1.82, 2.24) is 0 Å². The number of hydrogen-bond donors (Lipinski definition) is 0. The monoisotopic (exact) mass is 290 g/mol. The minimum atomic E-state index is -0.237. The Labute approximate surface area is 130 Å². The zero-order valence-corrected chi connectivity index (χ0v) is 12.8. The molecule has 110 valence electrons. The Kier molecular flexibility index (Phi) is 3.92. The number of benzene rings is 2. The lowest BCUT2D eigenvalue weighted by Gasteiger charge is -2.14. The van der Waals surface area contributed by atoms with Crippen LogP contribution < -0.4 is 5.63 Å². The molecule has 0 saturated heterocycles. The van der Waals surface area contributed by atoms with Gasteiger partial charge in [-0.3, -0.25) is 0 Å². The summed E-state index contributed by atoms with van der Waals surface area (Å²) in [6.07, 6.45) is 0.670. The summed E-state index contributed by atoms with van der Waals surface area (Å²) in [4.78, 5) is 12.3. The molecule has 3 aromatic rings. The molecule has 0 bridgehead atoms. The standard InChI is InChI=1S/C20H18O2/c1-3-17-14(2)18(15-10-6-4-7-11-15)19(22-20(17)21)16-12-8-5-9-13-16/h4-13H,3H2,1-2H3. The Morgan fingerprint density at radius 2 is 1.41 bits per heavy atom. The van der Waals surface area contributed by atoms with E-state index in [4.69, 9.17) is 4.42 Å². The van der Waals surface area contributed by atoms with Crippen LogP contribution in [0.25, 0.3) is 22.5 Å². The van der Waals surface area contributed by atoms with Gasteiger partial charge in [-0.25, -0.2) is 4.79 Å². The van der Waals surface area contributed by atoms with Gasteiger partial charge in [0.15, 0.2) is 0 Å². The molecule has 0 radical (unpaired) electrons. The van der Waals surface area contributed by atoms with Crippen LogP contribution in [0.2, 0.25) is 0 Å². The molecule has 0 N–H and O–H groups in total. The van der Waals surface area contributed by atoms with E-state index in [1.807, 2.05) is 74.5 Å². The lowest BCUT2D eigenvalue weighted by atomic mass is 9.93. The van der Waals surface area contributed by atoms with Crippen molar-refractivity contribution in [3.8, 4) is 22.5 Å². The van der Waals surface area contributed by atoms with E-state index in [2.05, 4.69) is 0 Å². The third-order valence-electron chi connectivity index (χ3n) is 3.95. The lowest BCUT2D eigenvalue weighted by Crippen LogP contribution is -2.11. The van der Waals surface area contributed by atoms with Crippen LogP contribution in [-0.4, -0.2) is 0 Å². The molecule has 0 fully saturated rings. The number of hydrogen-bond acceptors (Lipinski definition) is 2. The third-order valence-corrected chi connectivity index (χ3v) is 3.95. The van der Waals surface area contributed by atoms with Crippen molar-refractivity contribution in [2.75, 3.05) is 0 Å². The quantitative estimate of drug-likeness (QED) is 0.690. The Morgan fingerprint density at radius 3 is 1.95 bits per heavy atom. The minimum Gasteiger partial charge on any atom is -0.422 e. The van der Waals surface area contributed by atoms with Crippen LogP contribution in [0.3, 0.4) is 0 Å². The summed E-state index contributed by atoms with van der Waals surface area (Å²) in [5.41, 5.74) is 4.51. The molecule has 2 nitrogen and oxygen atoms in total. The summed E-state index contributed by atoms with van der Waals surface area (Å²) >= 11 is 0. The van der Waals surface area contributed by atoms with Crippen LogP contribution >= 0.6 is 0 Å². The zero-order chi connectivity index (χ0) is 15.5. The fourth-order valence-electron chi connectivity index (χ4n) is 2.83. The molecule has 0 unspecified atom stereocenters. The summed E-state index contributed by atoms with van der Waals surface area (Å²) in [7, 11) is 0. The van der Waals surface area contributed by atoms with Crippen LogP contribution in [0.5, 0.6) is 0 Å². The van der Waals surface area contributed by atoms with E-state index in [1.54, 1.807) is 0 Å². The van der Waals surface area contributed by atoms with Gasteiger partial charge in [0.2, 0.25) is 0 Å². The smallest absolute Gasteiger partial charge is 0.339 e. The highest BCUT2D eigenvalue weighted by Gasteiger charge is 2.18. The highest BCUT2D eigenvalue weighted by atomic mass is 16.4. The van der Waals surface area contributed by atoms with Crippen LogP contribution in [-0.2, 0) is 6.42 Å². The second kappa shape index (κ2) is 6.02. The predicted octanol–water partition coefficient (Wildman–Crippen LogP) is 4.84. The van der Waals surface area contributed by atoms with Crippen molar-refractivity contribution in [1.29, 1.82) is 0 Å². The fourth-order valence-corrected chi connectivity index (χ4v) is 2.83. The summed E-state index contributed by atoms with van der Waals surface area (Å²) < 4.78 is 5.70. The maximum Gasteiger partial charge on any atom is 0.339 e. The maximum atomic E-state index is 12.3. The van der Waals surface area contributed by atoms with Gasteiger partial charge in [-0.2, -0.15) is 0 Å². The molecule has 0 spiro atoms. The van der Waals surface area contributed by atoms with Gasteiger partial charge in [0.25, 0.3) is 0 Å². The molecule has 0 atom stereocenters. The topological polar surface area (TPSA) is 30.2 Å². The Bertz CT molecular complexity index is 831. The van der Waals surface area contributed by atoms with Crippen molar-refractivity contribution in [3.63, 3.8) is 0 Å². The van der Waals surface area contributed by atoms with E-state index >= 15 is 0 Å². The molecular formula is C20H18O2. The molecule has 22 heavy (non-hydrogen) atoms. The van der Waals surface area contributed by atoms with E-state index in [1.165, 1.54) is 0 Å². The Hall–Kier alpha value is -2.61. The van der Waals surface area contributed by atoms with Crippen LogP contribution in [0.1, 0.15) is 18.1 Å². The molecule has 0 aliphatic heterocycles. The summed E-state index contributed by atoms with van der Waals surface area (Å²) in [5.74, 6) is 0.645. The third kappa shape index (κ3) is 2.48. The fraction of sp³-hybridized carbons (Fsp3) is 0.150. The lowest BCUT2D eigenvalue weighted by molar-refractivity contribution is 0.517. The zero-order valence-electron chi connectivity index (χ0n) is 12.8. The number of rotatable bonds is 3. The summed E-state index contributed by atoms with van der Waals surface area (Å²) in [6, 6.07) is 19.9. The van der Waals surface area contributed by atoms with E-state index < -0.39 is 0 Å². The molecular weight excluding hydrogens is 272 g/mol. The molecule has 0 aliphatic rings. The van der Waals surface area contributed by atoms with Crippen molar-refractivity contribution in [3.05, 3.63) is 82.2 Å². The highest BCUT2D eigenvalue weighted by molar-refractivity contribution is 5.82. The van der Waals surface area contributed by atoms with Crippen molar-refractivity contribution < 1.29 is 4.42 Å². The van der Waals surface area contributed by atoms with Gasteiger partial charge in [-0.05, 0) is 24.5 Å². The van der Waals surface area contributed by atoms with Crippen LogP contribution in [0, 0.1) is 6.92 Å². The second-order valence-corrected chi connectivity index (χ2v) is 5.28. The van der Waals surface area contributed by atoms with E-state index in [9.17, 15) is 4.79 Å². The van der Waals surface area contributed by atoms with Gasteiger partial charge >= 0.3 is 5.63 Å². The van der Waals surface area contributed by atoms with Gasteiger partial charge < -0.3 is 4.42 Å². The van der Waals surface area contributed by atoms with Crippen LogP contribution in [0.15, 0.2) is 69.9 Å². The summed E-state index contributed by atoms with van der Waals surface area (Å²) in [5, 5.41) is 0. The van der Waals surface area contributed by atoms with Gasteiger partial charge in [-0.1, -0.05) is 67.6 Å². The van der Waals surface area contributed by atoms with Crippen molar-refractivity contribution in [2.24, 2.45) is 0 Å². The van der Waals surface area contributed by atoms with Gasteiger partial charge in [0.1, 0.15) is 5.76 Å². The van der Waals surface area contributed by atoms with Gasteiger partial charge in [0.05, 0.1) is 0 Å². The van der Waals surface area contributed by atoms with E-state index in [0.29, 0.717) is 12.2 Å². The molecule has 2 aromatic carbocycles. The molecule has 1 aromatic heterocycles. The first-order chi connectivity index (χ1) is 10.7. The molecule has 1 heterocycles. The van der Waals surface area contributed by atoms with Crippen LogP contribution in [0.4, 0.5) is 0 Å².